The molecule has 0 saturated carbocycles. The van der Waals surface area contributed by atoms with Crippen LogP contribution in [-0.4, -0.2) is 22.3 Å². The molecule has 0 atom stereocenters. The van der Waals surface area contributed by atoms with Gasteiger partial charge >= 0.3 is 5.97 Å². The average Bonchev–Trinajstić information content (AvgIpc) is 1.35. The predicted molar refractivity (Wildman–Crippen MR) is 29.7 cm³/mol. The van der Waals surface area contributed by atoms with Crippen LogP contribution in [-0.2, 0) is 4.79 Å². The lowest BCUT2D eigenvalue weighted by atomic mass is 10.5. The van der Waals surface area contributed by atoms with Crippen LogP contribution in [0, 0.1) is 0 Å². The third-order valence-electron chi connectivity index (χ3n) is 0.326. The molecule has 0 unspecified atom stereocenters. The number of carboxylic acid groups (broad SMARTS) is 1. The van der Waals surface area contributed by atoms with E-state index in [1.54, 1.807) is 0 Å². The quantitative estimate of drug-likeness (QED) is 0.490. The number of thiol groups is 1. The molecular formula is C3H8O3S. The number of carbonyl (C=O) groups is 1. The van der Waals surface area contributed by atoms with Gasteiger partial charge in [-0.1, -0.05) is 0 Å². The van der Waals surface area contributed by atoms with Crippen molar-refractivity contribution < 1.29 is 15.4 Å². The highest BCUT2D eigenvalue weighted by Gasteiger charge is 1.88. The Hall–Kier alpha value is -0.220. The molecule has 4 heteroatoms. The molecule has 0 rings (SSSR count). The van der Waals surface area contributed by atoms with Crippen LogP contribution in [0.4, 0.5) is 0 Å². The fraction of sp³-hybridized carbons (Fsp3) is 0.667. The lowest BCUT2D eigenvalue weighted by Gasteiger charge is -1.79. The van der Waals surface area contributed by atoms with E-state index in [9.17, 15) is 4.79 Å². The van der Waals surface area contributed by atoms with Crippen LogP contribution >= 0.6 is 12.6 Å². The molecular weight excluding hydrogens is 116 g/mol. The molecule has 0 amide bonds. The van der Waals surface area contributed by atoms with Crippen molar-refractivity contribution in [2.75, 3.05) is 5.75 Å². The Morgan fingerprint density at radius 1 is 1.71 bits per heavy atom. The molecule has 0 aromatic carbocycles. The van der Waals surface area contributed by atoms with Crippen LogP contribution in [0.25, 0.3) is 0 Å². The van der Waals surface area contributed by atoms with E-state index in [2.05, 4.69) is 12.6 Å². The smallest absolute Gasteiger partial charge is 0.304 e. The summed E-state index contributed by atoms with van der Waals surface area (Å²) in [5, 5.41) is 7.86. The standard InChI is InChI=1S/C3H6O2S.H2O/c4-3(5)1-2-6;/h6H,1-2H2,(H,4,5);1H2. The lowest BCUT2D eigenvalue weighted by molar-refractivity contribution is -0.136. The van der Waals surface area contributed by atoms with Crippen molar-refractivity contribution in [3.8, 4) is 0 Å². The van der Waals surface area contributed by atoms with Gasteiger partial charge in [0.25, 0.3) is 0 Å². The highest BCUT2D eigenvalue weighted by molar-refractivity contribution is 7.80. The largest absolute Gasteiger partial charge is 0.481 e. The number of carboxylic acids is 1. The van der Waals surface area contributed by atoms with Gasteiger partial charge in [-0.2, -0.15) is 12.6 Å². The first kappa shape index (κ1) is 9.91. The number of rotatable bonds is 2. The van der Waals surface area contributed by atoms with Crippen LogP contribution in [0.2, 0.25) is 0 Å². The summed E-state index contributed by atoms with van der Waals surface area (Å²) in [7, 11) is 0. The second-order valence-electron chi connectivity index (χ2n) is 0.867. The van der Waals surface area contributed by atoms with E-state index in [4.69, 9.17) is 5.11 Å². The zero-order valence-corrected chi connectivity index (χ0v) is 4.61. The summed E-state index contributed by atoms with van der Waals surface area (Å²) in [4.78, 5) is 9.55. The molecule has 0 aliphatic heterocycles. The van der Waals surface area contributed by atoms with E-state index in [0.717, 1.165) is 0 Å². The van der Waals surface area contributed by atoms with E-state index in [1.807, 2.05) is 0 Å². The maximum Gasteiger partial charge on any atom is 0.304 e. The van der Waals surface area contributed by atoms with Crippen molar-refractivity contribution in [1.82, 2.24) is 0 Å². The fourth-order valence-corrected chi connectivity index (χ4v) is 0.287. The van der Waals surface area contributed by atoms with Crippen molar-refractivity contribution in [3.63, 3.8) is 0 Å². The summed E-state index contributed by atoms with van der Waals surface area (Å²) in [6, 6.07) is 0. The third kappa shape index (κ3) is 10.7. The van der Waals surface area contributed by atoms with Gasteiger partial charge in [-0.05, 0) is 0 Å². The molecule has 3 N–H and O–H groups in total. The van der Waals surface area contributed by atoms with Gasteiger partial charge in [0.05, 0.1) is 6.42 Å². The summed E-state index contributed by atoms with van der Waals surface area (Å²) in [6.45, 7) is 0. The molecule has 0 saturated heterocycles. The summed E-state index contributed by atoms with van der Waals surface area (Å²) in [5.74, 6) is -0.361. The number of hydrogen-bond acceptors (Lipinski definition) is 2. The van der Waals surface area contributed by atoms with Gasteiger partial charge in [-0.25, -0.2) is 0 Å². The maximum atomic E-state index is 9.55. The summed E-state index contributed by atoms with van der Waals surface area (Å²) < 4.78 is 0. The fourth-order valence-electron chi connectivity index (χ4n) is 0.0956. The van der Waals surface area contributed by atoms with E-state index in [0.29, 0.717) is 5.75 Å². The van der Waals surface area contributed by atoms with Gasteiger partial charge in [0.2, 0.25) is 0 Å². The highest BCUT2D eigenvalue weighted by atomic mass is 32.1. The maximum absolute atomic E-state index is 9.55. The molecule has 0 aromatic heterocycles. The van der Waals surface area contributed by atoms with Crippen molar-refractivity contribution in [3.05, 3.63) is 0 Å². The van der Waals surface area contributed by atoms with Crippen molar-refractivity contribution in [2.24, 2.45) is 0 Å². The molecule has 0 bridgehead atoms. The Morgan fingerprint density at radius 2 is 2.14 bits per heavy atom. The van der Waals surface area contributed by atoms with Gasteiger partial charge in [0.15, 0.2) is 0 Å². The number of hydrogen-bond donors (Lipinski definition) is 2. The zero-order valence-electron chi connectivity index (χ0n) is 3.72. The molecule has 7 heavy (non-hydrogen) atoms. The van der Waals surface area contributed by atoms with E-state index < -0.39 is 5.97 Å². The summed E-state index contributed by atoms with van der Waals surface area (Å²) in [6.07, 6.45) is 0.156. The van der Waals surface area contributed by atoms with Gasteiger partial charge < -0.3 is 10.6 Å². The van der Waals surface area contributed by atoms with Crippen LogP contribution < -0.4 is 0 Å². The average molecular weight is 124 g/mol. The number of aliphatic carboxylic acids is 1. The normalized spacial score (nSPS) is 7.00. The molecule has 0 aliphatic rings. The molecule has 0 radical (unpaired) electrons. The lowest BCUT2D eigenvalue weighted by Crippen LogP contribution is -1.93. The molecule has 3 nitrogen and oxygen atoms in total. The summed E-state index contributed by atoms with van der Waals surface area (Å²) >= 11 is 3.68. The van der Waals surface area contributed by atoms with Crippen molar-refractivity contribution in [2.45, 2.75) is 6.42 Å². The Morgan fingerprint density at radius 3 is 2.14 bits per heavy atom. The molecule has 0 heterocycles. The predicted octanol–water partition coefficient (Wildman–Crippen LogP) is -0.434. The first-order chi connectivity index (χ1) is 2.77. The second-order valence-corrected chi connectivity index (χ2v) is 1.31. The van der Waals surface area contributed by atoms with Crippen molar-refractivity contribution in [1.29, 1.82) is 0 Å². The highest BCUT2D eigenvalue weighted by Crippen LogP contribution is 1.79. The Bertz CT molecular complexity index is 54.1. The minimum Gasteiger partial charge on any atom is -0.481 e. The van der Waals surface area contributed by atoms with Gasteiger partial charge in [-0.15, -0.1) is 0 Å². The third-order valence-corrected chi connectivity index (χ3v) is 0.549. The van der Waals surface area contributed by atoms with Crippen molar-refractivity contribution >= 4 is 18.6 Å². The van der Waals surface area contributed by atoms with E-state index >= 15 is 0 Å². The topological polar surface area (TPSA) is 68.8 Å². The molecule has 0 aliphatic carbocycles. The first-order valence-electron chi connectivity index (χ1n) is 1.60. The molecule has 0 aromatic rings. The Balaban J connectivity index is 0. The van der Waals surface area contributed by atoms with Crippen LogP contribution in [0.15, 0.2) is 0 Å². The molecule has 0 fully saturated rings. The minimum atomic E-state index is -0.787. The van der Waals surface area contributed by atoms with Gasteiger partial charge in [-0.3, -0.25) is 4.79 Å². The van der Waals surface area contributed by atoms with E-state index in [1.165, 1.54) is 0 Å². The molecule has 44 valence electrons. The summed E-state index contributed by atoms with van der Waals surface area (Å²) in [5.41, 5.74) is 0. The van der Waals surface area contributed by atoms with Gasteiger partial charge in [0.1, 0.15) is 0 Å². The van der Waals surface area contributed by atoms with Crippen LogP contribution in [0.3, 0.4) is 0 Å². The van der Waals surface area contributed by atoms with E-state index in [-0.39, 0.29) is 11.9 Å². The SMILES string of the molecule is O.O=C(O)CCS. The van der Waals surface area contributed by atoms with Gasteiger partial charge in [0, 0.05) is 5.75 Å². The Labute approximate surface area is 47.1 Å². The van der Waals surface area contributed by atoms with Crippen LogP contribution in [0.5, 0.6) is 0 Å². The Kier molecular flexibility index (Phi) is 8.19. The van der Waals surface area contributed by atoms with Crippen LogP contribution in [0.1, 0.15) is 6.42 Å². The second kappa shape index (κ2) is 5.78. The molecule has 0 spiro atoms. The monoisotopic (exact) mass is 124 g/mol. The minimum absolute atomic E-state index is 0. The zero-order chi connectivity index (χ0) is 4.99. The first-order valence-corrected chi connectivity index (χ1v) is 2.23.